The Morgan fingerprint density at radius 3 is 2.32 bits per heavy atom. The third kappa shape index (κ3) is 7.93. The molecule has 0 bridgehead atoms. The molecule has 2 heterocycles. The molecule has 3 aromatic rings. The number of halogens is 2. The molecule has 1 aliphatic rings. The summed E-state index contributed by atoms with van der Waals surface area (Å²) in [7, 11) is 0. The summed E-state index contributed by atoms with van der Waals surface area (Å²) >= 11 is 12.5. The third-order valence-corrected chi connectivity index (χ3v) is 7.31. The second-order valence-electron chi connectivity index (χ2n) is 11.1. The number of piperidine rings is 1. The number of nitrogens with zero attached hydrogens (tertiary/aromatic N) is 5. The number of nitrogens with two attached hydrogens (primary N) is 1. The first-order valence-corrected chi connectivity index (χ1v) is 14.0. The maximum Gasteiger partial charge on any atom is 0.270 e. The predicted molar refractivity (Wildman–Crippen MR) is 161 cm³/mol. The van der Waals surface area contributed by atoms with Gasteiger partial charge in [-0.15, -0.1) is 5.10 Å². The molecule has 0 aliphatic carbocycles. The smallest absolute Gasteiger partial charge is 0.270 e. The molecule has 41 heavy (non-hydrogen) atoms. The Balaban J connectivity index is 1.53. The lowest BCUT2D eigenvalue weighted by molar-refractivity contribution is -0.140. The van der Waals surface area contributed by atoms with E-state index in [0.29, 0.717) is 35.2 Å². The molecule has 1 aromatic heterocycles. The minimum Gasteiger partial charge on any atom is -0.342 e. The molecule has 216 valence electrons. The largest absolute Gasteiger partial charge is 0.342 e. The molecule has 0 spiro atoms. The molecule has 0 atom stereocenters. The molecule has 1 aliphatic heterocycles. The van der Waals surface area contributed by atoms with Crippen molar-refractivity contribution in [3.05, 3.63) is 87.6 Å². The van der Waals surface area contributed by atoms with Crippen molar-refractivity contribution in [3.63, 3.8) is 0 Å². The first kappa shape index (κ1) is 30.2. The Labute approximate surface area is 249 Å². The maximum absolute atomic E-state index is 12.9. The summed E-state index contributed by atoms with van der Waals surface area (Å²) in [5, 5.41) is 18.5. The summed E-state index contributed by atoms with van der Waals surface area (Å²) in [4.78, 5) is 27.3. The third-order valence-electron chi connectivity index (χ3n) is 6.87. The average molecular weight is 598 g/mol. The fourth-order valence-electron chi connectivity index (χ4n) is 4.73. The number of hydrogen-bond acceptors (Lipinski definition) is 7. The number of anilines is 1. The maximum atomic E-state index is 12.9. The summed E-state index contributed by atoms with van der Waals surface area (Å²) < 4.78 is 0. The van der Waals surface area contributed by atoms with Crippen molar-refractivity contribution in [1.29, 1.82) is 0 Å². The summed E-state index contributed by atoms with van der Waals surface area (Å²) in [6.07, 6.45) is 3.50. The molecule has 0 unspecified atom stereocenters. The number of tetrazole rings is 1. The van der Waals surface area contributed by atoms with E-state index in [0.717, 1.165) is 35.2 Å². The van der Waals surface area contributed by atoms with Gasteiger partial charge in [0.1, 0.15) is 0 Å². The number of carbonyl (C=O) groups is 2. The Hall–Kier alpha value is -3.73. The summed E-state index contributed by atoms with van der Waals surface area (Å²) in [6.45, 7) is 11.8. The van der Waals surface area contributed by atoms with Gasteiger partial charge in [-0.05, 0) is 71.2 Å². The van der Waals surface area contributed by atoms with Crippen LogP contribution in [0.2, 0.25) is 10.0 Å². The van der Waals surface area contributed by atoms with Gasteiger partial charge in [0.2, 0.25) is 5.91 Å². The van der Waals surface area contributed by atoms with Gasteiger partial charge in [0.15, 0.2) is 0 Å². The van der Waals surface area contributed by atoms with E-state index in [2.05, 4.69) is 32.5 Å². The lowest BCUT2D eigenvalue weighted by Gasteiger charge is -2.38. The number of carbonyl (C=O) groups excluding carboxylic acids is 2. The van der Waals surface area contributed by atoms with Gasteiger partial charge in [0.05, 0.1) is 6.54 Å². The number of aromatic amines is 1. The quantitative estimate of drug-likeness (QED) is 0.182. The van der Waals surface area contributed by atoms with Crippen molar-refractivity contribution in [2.24, 2.45) is 17.2 Å². The molecule has 2 amide bonds. The number of allylic oxidation sites excluding steroid dienone is 3. The van der Waals surface area contributed by atoms with E-state index in [1.54, 1.807) is 23.2 Å². The monoisotopic (exact) mass is 596 g/mol. The second-order valence-corrected chi connectivity index (χ2v) is 12.0. The first-order valence-electron chi connectivity index (χ1n) is 13.2. The van der Waals surface area contributed by atoms with Crippen molar-refractivity contribution in [3.8, 4) is 0 Å². The zero-order valence-corrected chi connectivity index (χ0v) is 24.8. The van der Waals surface area contributed by atoms with Crippen LogP contribution in [-0.4, -0.2) is 55.4 Å². The summed E-state index contributed by atoms with van der Waals surface area (Å²) in [5.74, 6) is 6.70. The average Bonchev–Trinajstić information content (AvgIpc) is 3.43. The van der Waals surface area contributed by atoms with E-state index in [1.807, 2.05) is 56.0 Å². The Morgan fingerprint density at radius 2 is 1.76 bits per heavy atom. The van der Waals surface area contributed by atoms with E-state index < -0.39 is 5.41 Å². The Kier molecular flexibility index (Phi) is 9.47. The van der Waals surface area contributed by atoms with E-state index in [-0.39, 0.29) is 23.7 Å². The number of nitrogens with one attached hydrogen (secondary N) is 2. The van der Waals surface area contributed by atoms with Gasteiger partial charge in [0.25, 0.3) is 11.9 Å². The first-order chi connectivity index (χ1) is 19.4. The van der Waals surface area contributed by atoms with Gasteiger partial charge in [-0.25, -0.2) is 5.84 Å². The molecule has 4 rings (SSSR count). The van der Waals surface area contributed by atoms with Gasteiger partial charge in [-0.1, -0.05) is 67.8 Å². The normalized spacial score (nSPS) is 14.6. The van der Waals surface area contributed by atoms with E-state index in [1.165, 1.54) is 0 Å². The number of benzene rings is 2. The van der Waals surface area contributed by atoms with Crippen molar-refractivity contribution >= 4 is 46.5 Å². The van der Waals surface area contributed by atoms with E-state index >= 15 is 0 Å². The predicted octanol–water partition coefficient (Wildman–Crippen LogP) is 5.32. The van der Waals surface area contributed by atoms with Gasteiger partial charge in [0, 0.05) is 45.7 Å². The lowest BCUT2D eigenvalue weighted by atomic mass is 9.88. The molecule has 1 fully saturated rings. The van der Waals surface area contributed by atoms with Crippen LogP contribution in [0.4, 0.5) is 5.95 Å². The van der Waals surface area contributed by atoms with Crippen LogP contribution < -0.4 is 11.2 Å². The van der Waals surface area contributed by atoms with Crippen LogP contribution >= 0.6 is 23.2 Å². The van der Waals surface area contributed by atoms with Crippen LogP contribution in [-0.2, 0) is 11.3 Å². The van der Waals surface area contributed by atoms with Gasteiger partial charge in [-0.3, -0.25) is 14.9 Å². The van der Waals surface area contributed by atoms with Crippen molar-refractivity contribution < 1.29 is 9.59 Å². The topological polar surface area (TPSA) is 133 Å². The molecule has 12 heteroatoms. The molecule has 4 N–H and O–H groups in total. The van der Waals surface area contributed by atoms with Gasteiger partial charge in [-0.2, -0.15) is 5.21 Å². The number of amides is 2. The highest BCUT2D eigenvalue weighted by Crippen LogP contribution is 2.32. The number of aromatic nitrogens is 4. The molecule has 1 saturated heterocycles. The fraction of sp³-hybridized carbons (Fsp3) is 0.345. The van der Waals surface area contributed by atoms with E-state index in [4.69, 9.17) is 29.0 Å². The highest BCUT2D eigenvalue weighted by Gasteiger charge is 2.32. The summed E-state index contributed by atoms with van der Waals surface area (Å²) in [5.41, 5.74) is 3.34. The highest BCUT2D eigenvalue weighted by molar-refractivity contribution is 6.34. The van der Waals surface area contributed by atoms with Gasteiger partial charge < -0.3 is 9.91 Å². The van der Waals surface area contributed by atoms with E-state index in [9.17, 15) is 9.59 Å². The fourth-order valence-corrected chi connectivity index (χ4v) is 5.25. The molecule has 10 nitrogen and oxygen atoms in total. The molecule has 2 aromatic carbocycles. The molecular formula is C29H34Cl2N8O2. The van der Waals surface area contributed by atoms with Crippen molar-refractivity contribution in [2.75, 3.05) is 18.4 Å². The number of H-pyrrole nitrogens is 1. The highest BCUT2D eigenvalue weighted by atomic mass is 35.5. The number of hydrazine groups is 1. The Bertz CT molecular complexity index is 1400. The number of rotatable bonds is 8. The molecule has 0 radical (unpaired) electrons. The zero-order valence-electron chi connectivity index (χ0n) is 23.3. The van der Waals surface area contributed by atoms with Crippen LogP contribution in [0.3, 0.4) is 0 Å². The number of likely N-dealkylation sites (tertiary alicyclic amines) is 1. The van der Waals surface area contributed by atoms with Crippen LogP contribution in [0.5, 0.6) is 0 Å². The standard InChI is InChI=1S/C29H34Cl2N8O2/c1-18(22-14-23(30)16-24(31)15-22)13-25(20-9-11-38(12-10-20)27(41)29(2,3)4)39(32)17-19-5-7-21(8-6-19)26(40)33-28-34-36-37-35-28/h5-8,13-16,20H,1,9-12,17,32H2,2-4H3,(H2,33,34,35,36,37,40)/b25-13-. The van der Waals surface area contributed by atoms with Crippen LogP contribution in [0.15, 0.2) is 60.8 Å². The minimum absolute atomic E-state index is 0.0958. The second kappa shape index (κ2) is 12.8. The van der Waals surface area contributed by atoms with Crippen molar-refractivity contribution in [1.82, 2.24) is 30.5 Å². The number of hydrogen-bond donors (Lipinski definition) is 3. The Morgan fingerprint density at radius 1 is 1.12 bits per heavy atom. The minimum atomic E-state index is -0.430. The SMILES string of the molecule is C=C(/C=C(/C1CCN(C(=O)C(C)(C)C)CC1)N(N)Cc1ccc(C(=O)Nc2nn[nH]n2)cc1)c1cc(Cl)cc(Cl)c1. The molecular weight excluding hydrogens is 563 g/mol. The zero-order chi connectivity index (χ0) is 29.7. The summed E-state index contributed by atoms with van der Waals surface area (Å²) in [6, 6.07) is 12.4. The van der Waals surface area contributed by atoms with Crippen LogP contribution in [0.1, 0.15) is 55.1 Å². The molecule has 0 saturated carbocycles. The van der Waals surface area contributed by atoms with Gasteiger partial charge >= 0.3 is 0 Å². The lowest BCUT2D eigenvalue weighted by Crippen LogP contribution is -2.45. The van der Waals surface area contributed by atoms with Crippen LogP contribution in [0, 0.1) is 11.3 Å². The van der Waals surface area contributed by atoms with Crippen molar-refractivity contribution in [2.45, 2.75) is 40.2 Å². The van der Waals surface area contributed by atoms with Crippen LogP contribution in [0.25, 0.3) is 5.57 Å².